The lowest BCUT2D eigenvalue weighted by molar-refractivity contribution is 0.394. The Balaban J connectivity index is 1.54. The van der Waals surface area contributed by atoms with Crippen LogP contribution in [0.25, 0.3) is 22.4 Å². The summed E-state index contributed by atoms with van der Waals surface area (Å²) in [6, 6.07) is 11.9. The van der Waals surface area contributed by atoms with Crippen LogP contribution in [0, 0.1) is 13.8 Å². The summed E-state index contributed by atoms with van der Waals surface area (Å²) in [6.45, 7) is 4.28. The van der Waals surface area contributed by atoms with Gasteiger partial charge < -0.3 is 9.84 Å². The molecule has 0 aliphatic heterocycles. The smallest absolute Gasteiger partial charge is 0.223 e. The monoisotopic (exact) mass is 332 g/mol. The van der Waals surface area contributed by atoms with Crippen LogP contribution in [0.2, 0.25) is 0 Å². The van der Waals surface area contributed by atoms with Gasteiger partial charge in [0.25, 0.3) is 0 Å². The van der Waals surface area contributed by atoms with E-state index >= 15 is 0 Å². The number of rotatable bonds is 4. The van der Waals surface area contributed by atoms with E-state index in [-0.39, 0.29) is 0 Å². The zero-order valence-electron chi connectivity index (χ0n) is 13.9. The zero-order chi connectivity index (χ0) is 17.2. The zero-order valence-corrected chi connectivity index (χ0v) is 13.9. The van der Waals surface area contributed by atoms with Crippen LogP contribution in [0.15, 0.2) is 47.1 Å². The highest BCUT2D eigenvalue weighted by Gasteiger charge is 2.07. The van der Waals surface area contributed by atoms with E-state index in [1.807, 2.05) is 43.3 Å². The van der Waals surface area contributed by atoms with E-state index in [0.29, 0.717) is 29.7 Å². The summed E-state index contributed by atoms with van der Waals surface area (Å²) in [6.07, 6.45) is 1.73. The molecule has 0 fully saturated rings. The van der Waals surface area contributed by atoms with E-state index in [4.69, 9.17) is 4.52 Å². The molecule has 0 aliphatic carbocycles. The first-order valence-corrected chi connectivity index (χ1v) is 7.92. The van der Waals surface area contributed by atoms with E-state index in [1.165, 1.54) is 0 Å². The van der Waals surface area contributed by atoms with Gasteiger partial charge in [0.2, 0.25) is 11.7 Å². The maximum absolute atomic E-state index is 5.01. The Labute approximate surface area is 144 Å². The lowest BCUT2D eigenvalue weighted by atomic mass is 10.1. The van der Waals surface area contributed by atoms with E-state index in [9.17, 15) is 0 Å². The van der Waals surface area contributed by atoms with Gasteiger partial charge in [0.15, 0.2) is 5.65 Å². The second-order valence-electron chi connectivity index (χ2n) is 5.68. The van der Waals surface area contributed by atoms with Crippen LogP contribution in [0.3, 0.4) is 0 Å². The van der Waals surface area contributed by atoms with Gasteiger partial charge in [-0.2, -0.15) is 4.98 Å². The third-order valence-electron chi connectivity index (χ3n) is 3.78. The van der Waals surface area contributed by atoms with Gasteiger partial charge in [-0.15, -0.1) is 0 Å². The molecule has 1 aromatic carbocycles. The summed E-state index contributed by atoms with van der Waals surface area (Å²) < 4.78 is 5.01. The fraction of sp³-hybridized carbons (Fsp3) is 0.167. The third kappa shape index (κ3) is 3.16. The minimum atomic E-state index is 0.556. The molecule has 0 spiro atoms. The number of aryl methyl sites for hydroxylation is 2. The minimum Gasteiger partial charge on any atom is -0.365 e. The number of aromatic nitrogens is 5. The first-order valence-electron chi connectivity index (χ1n) is 7.92. The molecule has 3 aromatic heterocycles. The van der Waals surface area contributed by atoms with Gasteiger partial charge in [-0.1, -0.05) is 29.4 Å². The maximum Gasteiger partial charge on any atom is 0.223 e. The fourth-order valence-corrected chi connectivity index (χ4v) is 2.58. The van der Waals surface area contributed by atoms with Gasteiger partial charge in [0.1, 0.15) is 11.6 Å². The largest absolute Gasteiger partial charge is 0.365 e. The van der Waals surface area contributed by atoms with Crippen molar-refractivity contribution in [3.8, 4) is 11.4 Å². The molecule has 4 aromatic rings. The van der Waals surface area contributed by atoms with Crippen molar-refractivity contribution in [1.29, 1.82) is 0 Å². The Hall–Kier alpha value is -3.35. The van der Waals surface area contributed by atoms with Crippen molar-refractivity contribution in [3.63, 3.8) is 0 Å². The molecule has 0 atom stereocenters. The van der Waals surface area contributed by atoms with Crippen LogP contribution >= 0.6 is 0 Å². The second-order valence-corrected chi connectivity index (χ2v) is 5.68. The fourth-order valence-electron chi connectivity index (χ4n) is 2.58. The maximum atomic E-state index is 5.01. The van der Waals surface area contributed by atoms with Crippen molar-refractivity contribution in [2.75, 3.05) is 5.32 Å². The molecular formula is C18H16N6O. The van der Waals surface area contributed by atoms with Crippen molar-refractivity contribution < 1.29 is 4.52 Å². The molecule has 25 heavy (non-hydrogen) atoms. The highest BCUT2D eigenvalue weighted by atomic mass is 16.5. The van der Waals surface area contributed by atoms with Crippen molar-refractivity contribution in [3.05, 3.63) is 59.9 Å². The normalized spacial score (nSPS) is 11.0. The molecule has 4 rings (SSSR count). The molecule has 0 unspecified atom stereocenters. The third-order valence-corrected chi connectivity index (χ3v) is 3.78. The van der Waals surface area contributed by atoms with E-state index in [0.717, 1.165) is 22.3 Å². The average molecular weight is 332 g/mol. The summed E-state index contributed by atoms with van der Waals surface area (Å²) in [5.41, 5.74) is 2.74. The molecular weight excluding hydrogens is 316 g/mol. The van der Waals surface area contributed by atoms with Gasteiger partial charge >= 0.3 is 0 Å². The van der Waals surface area contributed by atoms with Crippen LogP contribution in [0.5, 0.6) is 0 Å². The van der Waals surface area contributed by atoms with Gasteiger partial charge in [0.05, 0.1) is 5.39 Å². The molecule has 1 N–H and O–H groups in total. The molecule has 0 saturated heterocycles. The average Bonchev–Trinajstić information content (AvgIpc) is 3.06. The Morgan fingerprint density at radius 2 is 1.84 bits per heavy atom. The van der Waals surface area contributed by atoms with E-state index < -0.39 is 0 Å². The van der Waals surface area contributed by atoms with Crippen molar-refractivity contribution in [2.24, 2.45) is 0 Å². The van der Waals surface area contributed by atoms with Crippen molar-refractivity contribution in [1.82, 2.24) is 25.1 Å². The lowest BCUT2D eigenvalue weighted by Gasteiger charge is -2.09. The van der Waals surface area contributed by atoms with Crippen molar-refractivity contribution >= 4 is 16.9 Å². The van der Waals surface area contributed by atoms with Gasteiger partial charge in [-0.25, -0.2) is 15.0 Å². The summed E-state index contributed by atoms with van der Waals surface area (Å²) in [4.78, 5) is 17.4. The number of anilines is 1. The highest BCUT2D eigenvalue weighted by molar-refractivity contribution is 5.86. The summed E-state index contributed by atoms with van der Waals surface area (Å²) >= 11 is 0. The Morgan fingerprint density at radius 3 is 2.60 bits per heavy atom. The highest BCUT2D eigenvalue weighted by Crippen LogP contribution is 2.20. The predicted molar refractivity (Wildman–Crippen MR) is 93.9 cm³/mol. The first-order chi connectivity index (χ1) is 12.2. The number of benzene rings is 1. The number of fused-ring (bicyclic) bond motifs is 1. The number of pyridine rings is 1. The molecule has 7 nitrogen and oxygen atoms in total. The molecule has 0 aliphatic rings. The number of nitrogens with one attached hydrogen (secondary N) is 1. The molecule has 0 amide bonds. The summed E-state index contributed by atoms with van der Waals surface area (Å²) in [5, 5.41) is 8.20. The lowest BCUT2D eigenvalue weighted by Crippen LogP contribution is -2.04. The summed E-state index contributed by atoms with van der Waals surface area (Å²) in [5.74, 6) is 2.63. The molecule has 124 valence electrons. The van der Waals surface area contributed by atoms with Gasteiger partial charge in [-0.3, -0.25) is 0 Å². The summed E-state index contributed by atoms with van der Waals surface area (Å²) in [7, 11) is 0. The predicted octanol–water partition coefficient (Wildman–Crippen LogP) is 3.30. The van der Waals surface area contributed by atoms with Crippen LogP contribution in [0.4, 0.5) is 5.82 Å². The van der Waals surface area contributed by atoms with Crippen LogP contribution < -0.4 is 5.32 Å². The van der Waals surface area contributed by atoms with E-state index in [1.54, 1.807) is 13.1 Å². The number of hydrogen-bond donors (Lipinski definition) is 1. The molecule has 0 bridgehead atoms. The van der Waals surface area contributed by atoms with Crippen LogP contribution in [0.1, 0.15) is 17.3 Å². The van der Waals surface area contributed by atoms with Crippen molar-refractivity contribution in [2.45, 2.75) is 20.4 Å². The molecule has 7 heteroatoms. The first kappa shape index (κ1) is 15.2. The standard InChI is InChI=1S/C18H16N6O/c1-11-21-17-15(4-3-9-19-17)18(22-11)20-10-13-5-7-14(8-6-13)16-23-12(2)25-24-16/h3-9H,10H2,1-2H3,(H,19,20,21,22). The molecule has 0 saturated carbocycles. The van der Waals surface area contributed by atoms with Gasteiger partial charge in [0, 0.05) is 25.2 Å². The Kier molecular flexibility index (Phi) is 3.81. The number of nitrogens with zero attached hydrogens (tertiary/aromatic N) is 5. The topological polar surface area (TPSA) is 89.6 Å². The van der Waals surface area contributed by atoms with Gasteiger partial charge in [-0.05, 0) is 24.6 Å². The quantitative estimate of drug-likeness (QED) is 0.613. The number of hydrogen-bond acceptors (Lipinski definition) is 7. The minimum absolute atomic E-state index is 0.556. The van der Waals surface area contributed by atoms with Crippen LogP contribution in [-0.2, 0) is 6.54 Å². The van der Waals surface area contributed by atoms with E-state index in [2.05, 4.69) is 30.4 Å². The molecule has 3 heterocycles. The SMILES string of the molecule is Cc1nc(NCc2ccc(-c3noc(C)n3)cc2)c2cccnc2n1. The second kappa shape index (κ2) is 6.27. The molecule has 0 radical (unpaired) electrons. The Morgan fingerprint density at radius 1 is 1.00 bits per heavy atom. The Bertz CT molecular complexity index is 1030. The van der Waals surface area contributed by atoms with Crippen LogP contribution in [-0.4, -0.2) is 25.1 Å².